The summed E-state index contributed by atoms with van der Waals surface area (Å²) in [6.45, 7) is 10.6. The first-order valence-electron chi connectivity index (χ1n) is 7.45. The molecule has 108 valence electrons. The van der Waals surface area contributed by atoms with Gasteiger partial charge in [0.05, 0.1) is 0 Å². The zero-order valence-corrected chi connectivity index (χ0v) is 13.2. The molecule has 0 unspecified atom stereocenters. The third-order valence-corrected chi connectivity index (χ3v) is 3.37. The Morgan fingerprint density at radius 3 is 2.58 bits per heavy atom. The van der Waals surface area contributed by atoms with E-state index in [1.807, 2.05) is 0 Å². The number of aryl methyl sites for hydroxylation is 1. The van der Waals surface area contributed by atoms with Gasteiger partial charge < -0.3 is 10.2 Å². The van der Waals surface area contributed by atoms with Crippen molar-refractivity contribution < 1.29 is 0 Å². The molecule has 0 radical (unpaired) electrons. The van der Waals surface area contributed by atoms with Gasteiger partial charge in [0.15, 0.2) is 0 Å². The summed E-state index contributed by atoms with van der Waals surface area (Å²) < 4.78 is 0. The van der Waals surface area contributed by atoms with E-state index in [1.165, 1.54) is 24.8 Å². The number of pyridine rings is 1. The highest BCUT2D eigenvalue weighted by atomic mass is 15.2. The van der Waals surface area contributed by atoms with Gasteiger partial charge in [-0.3, -0.25) is 0 Å². The summed E-state index contributed by atoms with van der Waals surface area (Å²) in [5.74, 6) is 1.09. The molecule has 1 aromatic rings. The molecule has 1 heterocycles. The molecule has 0 amide bonds. The normalized spacial score (nSPS) is 11.1. The van der Waals surface area contributed by atoms with E-state index in [4.69, 9.17) is 4.98 Å². The summed E-state index contributed by atoms with van der Waals surface area (Å²) >= 11 is 0. The van der Waals surface area contributed by atoms with Gasteiger partial charge in [0.1, 0.15) is 5.82 Å². The van der Waals surface area contributed by atoms with Crippen LogP contribution in [0.2, 0.25) is 0 Å². The van der Waals surface area contributed by atoms with Gasteiger partial charge in [-0.25, -0.2) is 4.98 Å². The number of anilines is 1. The van der Waals surface area contributed by atoms with E-state index < -0.39 is 0 Å². The Hall–Kier alpha value is -1.09. The number of rotatable bonds is 8. The number of hydrogen-bond acceptors (Lipinski definition) is 3. The van der Waals surface area contributed by atoms with Gasteiger partial charge in [-0.2, -0.15) is 0 Å². The predicted octanol–water partition coefficient (Wildman–Crippen LogP) is 3.51. The van der Waals surface area contributed by atoms with E-state index in [-0.39, 0.29) is 0 Å². The first kappa shape index (κ1) is 16.0. The Morgan fingerprint density at radius 1 is 1.26 bits per heavy atom. The van der Waals surface area contributed by atoms with Gasteiger partial charge in [0.25, 0.3) is 0 Å². The summed E-state index contributed by atoms with van der Waals surface area (Å²) in [6, 6.07) is 4.84. The van der Waals surface area contributed by atoms with Crippen LogP contribution in [0.1, 0.15) is 51.3 Å². The van der Waals surface area contributed by atoms with Crippen LogP contribution >= 0.6 is 0 Å². The summed E-state index contributed by atoms with van der Waals surface area (Å²) in [7, 11) is 2.13. The van der Waals surface area contributed by atoms with E-state index in [2.05, 4.69) is 57.1 Å². The first-order chi connectivity index (χ1) is 9.04. The van der Waals surface area contributed by atoms with E-state index in [9.17, 15) is 0 Å². The van der Waals surface area contributed by atoms with Crippen LogP contribution < -0.4 is 10.2 Å². The maximum atomic E-state index is 4.72. The first-order valence-corrected chi connectivity index (χ1v) is 7.45. The van der Waals surface area contributed by atoms with Crippen molar-refractivity contribution in [2.45, 2.75) is 59.5 Å². The topological polar surface area (TPSA) is 28.2 Å². The lowest BCUT2D eigenvalue weighted by molar-refractivity contribution is 0.586. The van der Waals surface area contributed by atoms with Gasteiger partial charge in [-0.1, -0.05) is 39.7 Å². The molecule has 3 heteroatoms. The molecule has 0 saturated heterocycles. The Kier molecular flexibility index (Phi) is 6.85. The Labute approximate surface area is 118 Å². The largest absolute Gasteiger partial charge is 0.360 e. The highest BCUT2D eigenvalue weighted by molar-refractivity contribution is 5.40. The van der Waals surface area contributed by atoms with Crippen LogP contribution in [0.15, 0.2) is 12.1 Å². The molecule has 0 atom stereocenters. The number of nitrogens with one attached hydrogen (secondary N) is 1. The van der Waals surface area contributed by atoms with Crippen molar-refractivity contribution in [2.24, 2.45) is 0 Å². The van der Waals surface area contributed by atoms with Crippen molar-refractivity contribution in [2.75, 3.05) is 18.5 Å². The van der Waals surface area contributed by atoms with E-state index in [0.29, 0.717) is 6.04 Å². The highest BCUT2D eigenvalue weighted by Gasteiger charge is 2.06. The Morgan fingerprint density at radius 2 is 2.00 bits per heavy atom. The molecule has 1 N–H and O–H groups in total. The van der Waals surface area contributed by atoms with Crippen LogP contribution in [0.5, 0.6) is 0 Å². The number of nitrogens with zero attached hydrogens (tertiary/aromatic N) is 2. The third-order valence-electron chi connectivity index (χ3n) is 3.37. The molecule has 3 nitrogen and oxygen atoms in total. The third kappa shape index (κ3) is 5.60. The van der Waals surface area contributed by atoms with Crippen molar-refractivity contribution in [1.82, 2.24) is 10.3 Å². The van der Waals surface area contributed by atoms with Crippen molar-refractivity contribution in [3.8, 4) is 0 Å². The van der Waals surface area contributed by atoms with Gasteiger partial charge >= 0.3 is 0 Å². The molecular weight excluding hydrogens is 234 g/mol. The van der Waals surface area contributed by atoms with Gasteiger partial charge in [0, 0.05) is 31.9 Å². The Balaban J connectivity index is 2.59. The van der Waals surface area contributed by atoms with Crippen LogP contribution in [0.25, 0.3) is 0 Å². The van der Waals surface area contributed by atoms with Crippen molar-refractivity contribution in [3.63, 3.8) is 0 Å². The van der Waals surface area contributed by atoms with Crippen LogP contribution in [0, 0.1) is 6.92 Å². The van der Waals surface area contributed by atoms with Crippen LogP contribution in [-0.2, 0) is 6.54 Å². The number of aromatic nitrogens is 1. The number of unbranched alkanes of at least 4 members (excludes halogenated alkanes) is 2. The average Bonchev–Trinajstić information content (AvgIpc) is 2.37. The maximum absolute atomic E-state index is 4.72. The summed E-state index contributed by atoms with van der Waals surface area (Å²) in [5, 5.41) is 3.44. The lowest BCUT2D eigenvalue weighted by Gasteiger charge is -2.19. The molecule has 0 saturated carbocycles. The minimum atomic E-state index is 0.510. The van der Waals surface area contributed by atoms with Gasteiger partial charge in [-0.05, 0) is 25.0 Å². The monoisotopic (exact) mass is 263 g/mol. The highest BCUT2D eigenvalue weighted by Crippen LogP contribution is 2.14. The second-order valence-corrected chi connectivity index (χ2v) is 5.58. The SMILES string of the molecule is CCCCCN(C)c1ccc(CNC(C)C)c(C)n1. The molecule has 0 bridgehead atoms. The molecule has 1 aromatic heterocycles. The van der Waals surface area contributed by atoms with Crippen LogP contribution in [0.3, 0.4) is 0 Å². The zero-order valence-electron chi connectivity index (χ0n) is 13.2. The van der Waals surface area contributed by atoms with Crippen LogP contribution in [-0.4, -0.2) is 24.6 Å². The molecule has 0 aliphatic carbocycles. The van der Waals surface area contributed by atoms with E-state index in [0.717, 1.165) is 24.6 Å². The molecule has 0 aliphatic rings. The van der Waals surface area contributed by atoms with Crippen molar-refractivity contribution in [1.29, 1.82) is 0 Å². The van der Waals surface area contributed by atoms with Gasteiger partial charge in [0.2, 0.25) is 0 Å². The number of hydrogen-bond donors (Lipinski definition) is 1. The maximum Gasteiger partial charge on any atom is 0.128 e. The molecule has 0 spiro atoms. The summed E-state index contributed by atoms with van der Waals surface area (Å²) in [5.41, 5.74) is 2.42. The van der Waals surface area contributed by atoms with Crippen LogP contribution in [0.4, 0.5) is 5.82 Å². The zero-order chi connectivity index (χ0) is 14.3. The smallest absolute Gasteiger partial charge is 0.128 e. The molecule has 0 aliphatic heterocycles. The Bertz CT molecular complexity index is 374. The lowest BCUT2D eigenvalue weighted by atomic mass is 10.2. The summed E-state index contributed by atoms with van der Waals surface area (Å²) in [6.07, 6.45) is 3.80. The second kappa shape index (κ2) is 8.16. The molecule has 1 rings (SSSR count). The molecule has 0 aromatic carbocycles. The minimum absolute atomic E-state index is 0.510. The molecule has 19 heavy (non-hydrogen) atoms. The molecule has 0 fully saturated rings. The van der Waals surface area contributed by atoms with Gasteiger partial charge in [-0.15, -0.1) is 0 Å². The summed E-state index contributed by atoms with van der Waals surface area (Å²) in [4.78, 5) is 6.97. The molecular formula is C16H29N3. The fourth-order valence-electron chi connectivity index (χ4n) is 2.00. The standard InChI is InChI=1S/C16H29N3/c1-6-7-8-11-19(5)16-10-9-15(14(4)18-16)12-17-13(2)3/h9-10,13,17H,6-8,11-12H2,1-5H3. The van der Waals surface area contributed by atoms with E-state index in [1.54, 1.807) is 0 Å². The fourth-order valence-corrected chi connectivity index (χ4v) is 2.00. The average molecular weight is 263 g/mol. The van der Waals surface area contributed by atoms with Crippen molar-refractivity contribution >= 4 is 5.82 Å². The second-order valence-electron chi connectivity index (χ2n) is 5.58. The quantitative estimate of drug-likeness (QED) is 0.727. The lowest BCUT2D eigenvalue weighted by Crippen LogP contribution is -2.23. The predicted molar refractivity (Wildman–Crippen MR) is 83.7 cm³/mol. The fraction of sp³-hybridized carbons (Fsp3) is 0.688. The minimum Gasteiger partial charge on any atom is -0.360 e. The van der Waals surface area contributed by atoms with Crippen molar-refractivity contribution in [3.05, 3.63) is 23.4 Å². The van der Waals surface area contributed by atoms with E-state index >= 15 is 0 Å².